The molecule has 1 fully saturated rings. The molecule has 186 valence electrons. The number of piperidine rings is 1. The molecular formula is C34H33NO2. The second kappa shape index (κ2) is 9.99. The predicted molar refractivity (Wildman–Crippen MR) is 151 cm³/mol. The first-order chi connectivity index (χ1) is 18.1. The Morgan fingerprint density at radius 2 is 1.38 bits per heavy atom. The summed E-state index contributed by atoms with van der Waals surface area (Å²) in [6.07, 6.45) is 6.79. The Kier molecular flexibility index (Phi) is 6.40. The number of carboxylic acid groups (broad SMARTS) is 1. The molecule has 0 amide bonds. The molecule has 0 saturated carbocycles. The lowest BCUT2D eigenvalue weighted by Gasteiger charge is -2.39. The lowest BCUT2D eigenvalue weighted by Crippen LogP contribution is -2.47. The van der Waals surface area contributed by atoms with E-state index in [-0.39, 0.29) is 0 Å². The molecule has 1 saturated heterocycles. The molecule has 1 aliphatic carbocycles. The Hall–Kier alpha value is -3.69. The van der Waals surface area contributed by atoms with Crippen molar-refractivity contribution < 1.29 is 9.90 Å². The van der Waals surface area contributed by atoms with E-state index in [9.17, 15) is 9.90 Å². The molecule has 0 radical (unpaired) electrons. The van der Waals surface area contributed by atoms with Crippen LogP contribution >= 0.6 is 0 Å². The molecule has 4 aromatic rings. The largest absolute Gasteiger partial charge is 0.481 e. The lowest BCUT2D eigenvalue weighted by atomic mass is 9.72. The van der Waals surface area contributed by atoms with Crippen molar-refractivity contribution in [2.45, 2.75) is 37.5 Å². The Bertz CT molecular complexity index is 1430. The molecule has 3 heteroatoms. The molecule has 1 heterocycles. The van der Waals surface area contributed by atoms with Crippen LogP contribution in [0.25, 0.3) is 16.3 Å². The quantitative estimate of drug-likeness (QED) is 0.334. The third-order valence-electron chi connectivity index (χ3n) is 8.49. The van der Waals surface area contributed by atoms with Crippen LogP contribution in [0.5, 0.6) is 0 Å². The molecule has 3 nitrogen and oxygen atoms in total. The average molecular weight is 488 g/mol. The van der Waals surface area contributed by atoms with Crippen molar-refractivity contribution in [2.24, 2.45) is 0 Å². The van der Waals surface area contributed by atoms with E-state index in [1.165, 1.54) is 27.8 Å². The zero-order chi connectivity index (χ0) is 25.2. The summed E-state index contributed by atoms with van der Waals surface area (Å²) in [6, 6.07) is 32.0. The third kappa shape index (κ3) is 4.49. The van der Waals surface area contributed by atoms with Gasteiger partial charge in [-0.2, -0.15) is 0 Å². The number of carboxylic acids is 1. The predicted octanol–water partition coefficient (Wildman–Crippen LogP) is 6.88. The van der Waals surface area contributed by atoms with Crippen LogP contribution in [0.3, 0.4) is 0 Å². The number of aryl methyl sites for hydroxylation is 2. The van der Waals surface area contributed by atoms with Crippen molar-refractivity contribution in [1.82, 2.24) is 4.90 Å². The van der Waals surface area contributed by atoms with Crippen LogP contribution in [0.15, 0.2) is 97.1 Å². The maximum atomic E-state index is 12.6. The number of nitrogens with zero attached hydrogens (tertiary/aromatic N) is 1. The number of likely N-dealkylation sites (tertiary alicyclic amines) is 1. The molecule has 0 unspecified atom stereocenters. The fraction of sp³-hybridized carbons (Fsp3) is 0.265. The summed E-state index contributed by atoms with van der Waals surface area (Å²) in [4.78, 5) is 15.0. The fourth-order valence-corrected chi connectivity index (χ4v) is 6.30. The highest BCUT2D eigenvalue weighted by atomic mass is 16.4. The van der Waals surface area contributed by atoms with Gasteiger partial charge in [0, 0.05) is 6.54 Å². The Morgan fingerprint density at radius 3 is 2.03 bits per heavy atom. The lowest BCUT2D eigenvalue weighted by molar-refractivity contribution is -0.146. The highest BCUT2D eigenvalue weighted by Crippen LogP contribution is 2.38. The first kappa shape index (κ1) is 23.7. The SMILES string of the molecule is O=C(O)C1(c2ccc3ccccc3c2)CCN(CCC=C2c3ccccc3CCc3ccccc32)CC1. The van der Waals surface area contributed by atoms with Crippen molar-refractivity contribution in [3.63, 3.8) is 0 Å². The van der Waals surface area contributed by atoms with Gasteiger partial charge in [0.25, 0.3) is 0 Å². The van der Waals surface area contributed by atoms with Gasteiger partial charge in [-0.3, -0.25) is 4.79 Å². The molecule has 6 rings (SSSR count). The van der Waals surface area contributed by atoms with Gasteiger partial charge >= 0.3 is 5.97 Å². The number of benzene rings is 4. The van der Waals surface area contributed by atoms with E-state index in [0.29, 0.717) is 12.8 Å². The van der Waals surface area contributed by atoms with Crippen LogP contribution in [-0.4, -0.2) is 35.6 Å². The zero-order valence-electron chi connectivity index (χ0n) is 21.2. The van der Waals surface area contributed by atoms with E-state index in [1.807, 2.05) is 18.2 Å². The highest BCUT2D eigenvalue weighted by Gasteiger charge is 2.43. The van der Waals surface area contributed by atoms with Crippen molar-refractivity contribution in [3.05, 3.63) is 125 Å². The summed E-state index contributed by atoms with van der Waals surface area (Å²) >= 11 is 0. The van der Waals surface area contributed by atoms with Crippen molar-refractivity contribution in [2.75, 3.05) is 19.6 Å². The molecule has 2 aliphatic rings. The van der Waals surface area contributed by atoms with Gasteiger partial charge in [0.2, 0.25) is 0 Å². The third-order valence-corrected chi connectivity index (χ3v) is 8.49. The molecule has 0 atom stereocenters. The number of hydrogen-bond donors (Lipinski definition) is 1. The van der Waals surface area contributed by atoms with Gasteiger partial charge in [-0.1, -0.05) is 97.1 Å². The molecule has 0 bridgehead atoms. The molecule has 1 aliphatic heterocycles. The Labute approximate surface area is 219 Å². The molecule has 1 N–H and O–H groups in total. The minimum atomic E-state index is -0.807. The molecule has 37 heavy (non-hydrogen) atoms. The molecular weight excluding hydrogens is 454 g/mol. The van der Waals surface area contributed by atoms with Gasteiger partial charge in [0.1, 0.15) is 0 Å². The summed E-state index contributed by atoms with van der Waals surface area (Å²) in [7, 11) is 0. The maximum Gasteiger partial charge on any atom is 0.314 e. The molecule has 0 spiro atoms. The molecule has 0 aromatic heterocycles. The summed E-state index contributed by atoms with van der Waals surface area (Å²) in [5.74, 6) is -0.698. The summed E-state index contributed by atoms with van der Waals surface area (Å²) in [6.45, 7) is 2.55. The second-order valence-corrected chi connectivity index (χ2v) is 10.5. The van der Waals surface area contributed by atoms with Crippen LogP contribution in [-0.2, 0) is 23.1 Å². The minimum absolute atomic E-state index is 0.642. The van der Waals surface area contributed by atoms with Crippen LogP contribution in [0.4, 0.5) is 0 Å². The van der Waals surface area contributed by atoms with Gasteiger partial charge in [-0.25, -0.2) is 0 Å². The van der Waals surface area contributed by atoms with E-state index in [2.05, 4.69) is 83.8 Å². The molecule has 4 aromatic carbocycles. The van der Waals surface area contributed by atoms with Gasteiger partial charge in [-0.05, 0) is 89.4 Å². The average Bonchev–Trinajstić information content (AvgIpc) is 3.10. The van der Waals surface area contributed by atoms with Gasteiger partial charge in [0.15, 0.2) is 0 Å². The zero-order valence-corrected chi connectivity index (χ0v) is 21.2. The monoisotopic (exact) mass is 487 g/mol. The van der Waals surface area contributed by atoms with E-state index in [4.69, 9.17) is 0 Å². The summed E-state index contributed by atoms with van der Waals surface area (Å²) in [5.41, 5.74) is 7.02. The van der Waals surface area contributed by atoms with Crippen molar-refractivity contribution in [3.8, 4) is 0 Å². The van der Waals surface area contributed by atoms with E-state index in [0.717, 1.165) is 55.2 Å². The van der Waals surface area contributed by atoms with Crippen molar-refractivity contribution >= 4 is 22.3 Å². The number of carbonyl (C=O) groups is 1. The van der Waals surface area contributed by atoms with E-state index in [1.54, 1.807) is 0 Å². The van der Waals surface area contributed by atoms with Crippen LogP contribution in [0, 0.1) is 0 Å². The normalized spacial score (nSPS) is 17.0. The Morgan fingerprint density at radius 1 is 0.784 bits per heavy atom. The van der Waals surface area contributed by atoms with E-state index >= 15 is 0 Å². The Balaban J connectivity index is 1.19. The van der Waals surface area contributed by atoms with Crippen LogP contribution in [0.2, 0.25) is 0 Å². The number of fused-ring (bicyclic) bond motifs is 3. The highest BCUT2D eigenvalue weighted by molar-refractivity contribution is 5.87. The topological polar surface area (TPSA) is 40.5 Å². The smallest absolute Gasteiger partial charge is 0.314 e. The standard InChI is InChI=1S/C34H33NO2/c36-33(37)34(29-18-17-25-8-1-2-11-28(25)24-29)19-22-35(23-20-34)21-7-14-32-30-12-5-3-9-26(30)15-16-27-10-4-6-13-31(27)32/h1-6,8-14,17-18,24H,7,15-16,19-23H2,(H,36,37). The first-order valence-electron chi connectivity index (χ1n) is 13.5. The van der Waals surface area contributed by atoms with Crippen LogP contribution in [0.1, 0.15) is 47.1 Å². The van der Waals surface area contributed by atoms with Gasteiger partial charge in [0.05, 0.1) is 5.41 Å². The second-order valence-electron chi connectivity index (χ2n) is 10.5. The summed E-state index contributed by atoms with van der Waals surface area (Å²) < 4.78 is 0. The minimum Gasteiger partial charge on any atom is -0.481 e. The van der Waals surface area contributed by atoms with Crippen LogP contribution < -0.4 is 0 Å². The number of hydrogen-bond acceptors (Lipinski definition) is 2. The number of rotatable bonds is 5. The van der Waals surface area contributed by atoms with Gasteiger partial charge in [-0.15, -0.1) is 0 Å². The first-order valence-corrected chi connectivity index (χ1v) is 13.5. The van der Waals surface area contributed by atoms with E-state index < -0.39 is 11.4 Å². The summed E-state index contributed by atoms with van der Waals surface area (Å²) in [5, 5.41) is 12.6. The maximum absolute atomic E-state index is 12.6. The van der Waals surface area contributed by atoms with Crippen molar-refractivity contribution in [1.29, 1.82) is 0 Å². The number of aliphatic carboxylic acids is 1. The fourth-order valence-electron chi connectivity index (χ4n) is 6.30. The van der Waals surface area contributed by atoms with Gasteiger partial charge < -0.3 is 10.0 Å².